The van der Waals surface area contributed by atoms with Crippen LogP contribution in [0.3, 0.4) is 0 Å². The predicted molar refractivity (Wildman–Crippen MR) is 103 cm³/mol. The van der Waals surface area contributed by atoms with E-state index in [4.69, 9.17) is 9.39 Å². The van der Waals surface area contributed by atoms with Crippen LogP contribution in [0.4, 0.5) is 0 Å². The van der Waals surface area contributed by atoms with Crippen LogP contribution in [0, 0.1) is 0 Å². The largest absolute Gasteiger partial charge is 0.535 e. The van der Waals surface area contributed by atoms with Gasteiger partial charge in [0.05, 0.1) is 0 Å². The number of esters is 2. The summed E-state index contributed by atoms with van der Waals surface area (Å²) in [6.45, 7) is 2.84. The second-order valence-electron chi connectivity index (χ2n) is 7.01. The zero-order valence-electron chi connectivity index (χ0n) is 16.4. The molecule has 0 radical (unpaired) electrons. The predicted octanol–water partition coefficient (Wildman–Crippen LogP) is 3.08. The van der Waals surface area contributed by atoms with E-state index in [0.29, 0.717) is 12.8 Å². The highest BCUT2D eigenvalue weighted by Gasteiger charge is 2.37. The van der Waals surface area contributed by atoms with Crippen LogP contribution >= 0.6 is 0 Å². The van der Waals surface area contributed by atoms with E-state index in [1.165, 1.54) is 13.0 Å². The van der Waals surface area contributed by atoms with Gasteiger partial charge in [-0.15, -0.1) is 0 Å². The Morgan fingerprint density at radius 2 is 2.00 bits per heavy atom. The van der Waals surface area contributed by atoms with Crippen LogP contribution in [0.15, 0.2) is 18.2 Å². The number of hydrogen-bond acceptors (Lipinski definition) is 7. The van der Waals surface area contributed by atoms with Gasteiger partial charge in [0, 0.05) is 25.6 Å². The molecule has 28 heavy (non-hydrogen) atoms. The van der Waals surface area contributed by atoms with Crippen LogP contribution in [0.2, 0.25) is 5.82 Å². The number of ether oxygens (including phenoxy) is 2. The Morgan fingerprint density at radius 3 is 2.71 bits per heavy atom. The van der Waals surface area contributed by atoms with Crippen molar-refractivity contribution in [1.82, 2.24) is 0 Å². The molecule has 152 valence electrons. The molecule has 1 aliphatic heterocycles. The monoisotopic (exact) mass is 390 g/mol. The molecule has 1 N–H and O–H groups in total. The highest BCUT2D eigenvalue weighted by Crippen LogP contribution is 2.36. The molecule has 1 aromatic rings. The maximum Gasteiger partial charge on any atom is 0.526 e. The van der Waals surface area contributed by atoms with Gasteiger partial charge in [0.15, 0.2) is 0 Å². The van der Waals surface area contributed by atoms with Crippen LogP contribution in [0.5, 0.6) is 5.75 Å². The first-order valence-corrected chi connectivity index (χ1v) is 9.71. The second-order valence-corrected chi connectivity index (χ2v) is 7.01. The summed E-state index contributed by atoms with van der Waals surface area (Å²) < 4.78 is 15.1. The van der Waals surface area contributed by atoms with E-state index in [2.05, 4.69) is 11.7 Å². The van der Waals surface area contributed by atoms with Gasteiger partial charge in [0.25, 0.3) is 0 Å². The lowest BCUT2D eigenvalue weighted by Gasteiger charge is -2.28. The molecule has 0 fully saturated rings. The number of carbonyl (C=O) groups is 3. The smallest absolute Gasteiger partial charge is 0.526 e. The van der Waals surface area contributed by atoms with Crippen LogP contribution in [-0.2, 0) is 25.5 Å². The van der Waals surface area contributed by atoms with E-state index in [1.54, 1.807) is 12.1 Å². The van der Waals surface area contributed by atoms with Crippen molar-refractivity contribution in [3.05, 3.63) is 29.3 Å². The molecule has 1 aromatic carbocycles. The summed E-state index contributed by atoms with van der Waals surface area (Å²) in [5.41, 5.74) is 0.879. The molecule has 2 rings (SSSR count). The average molecular weight is 390 g/mol. The zero-order chi connectivity index (χ0) is 20.5. The van der Waals surface area contributed by atoms with Gasteiger partial charge >= 0.3 is 19.1 Å². The summed E-state index contributed by atoms with van der Waals surface area (Å²) in [5, 5.41) is 10.3. The lowest BCUT2D eigenvalue weighted by molar-refractivity contribution is -0.149. The SMILES string of the molecule is CCCCCCC(=O)C[C@H]1Cc2cccc(C(=O)OCOC(C)=O)c2OB1O. The first-order valence-electron chi connectivity index (χ1n) is 9.71. The zero-order valence-corrected chi connectivity index (χ0v) is 16.4. The van der Waals surface area contributed by atoms with E-state index >= 15 is 0 Å². The third kappa shape index (κ3) is 6.37. The molecular formula is C20H27BO7. The van der Waals surface area contributed by atoms with Crippen molar-refractivity contribution in [3.63, 3.8) is 0 Å². The van der Waals surface area contributed by atoms with E-state index in [9.17, 15) is 19.4 Å². The molecular weight excluding hydrogens is 363 g/mol. The van der Waals surface area contributed by atoms with Gasteiger partial charge in [-0.05, 0) is 24.5 Å². The molecule has 8 heteroatoms. The molecule has 7 nitrogen and oxygen atoms in total. The fraction of sp³-hybridized carbons (Fsp3) is 0.550. The van der Waals surface area contributed by atoms with Crippen molar-refractivity contribution in [2.75, 3.05) is 6.79 Å². The maximum absolute atomic E-state index is 12.2. The Morgan fingerprint density at radius 1 is 1.21 bits per heavy atom. The van der Waals surface area contributed by atoms with Gasteiger partial charge in [0.1, 0.15) is 17.1 Å². The van der Waals surface area contributed by atoms with Crippen molar-refractivity contribution >= 4 is 24.8 Å². The van der Waals surface area contributed by atoms with Crippen LogP contribution < -0.4 is 4.65 Å². The van der Waals surface area contributed by atoms with Crippen LogP contribution in [0.1, 0.15) is 68.3 Å². The molecule has 0 amide bonds. The molecule has 0 aromatic heterocycles. The number of fused-ring (bicyclic) bond motifs is 1. The van der Waals surface area contributed by atoms with Gasteiger partial charge in [0.2, 0.25) is 6.79 Å². The van der Waals surface area contributed by atoms with E-state index in [-0.39, 0.29) is 29.3 Å². The highest BCUT2D eigenvalue weighted by molar-refractivity contribution is 6.47. The van der Waals surface area contributed by atoms with E-state index in [1.807, 2.05) is 0 Å². The molecule has 1 heterocycles. The summed E-state index contributed by atoms with van der Waals surface area (Å²) in [7, 11) is -1.17. The van der Waals surface area contributed by atoms with Gasteiger partial charge in [-0.1, -0.05) is 38.3 Å². The van der Waals surface area contributed by atoms with Gasteiger partial charge in [-0.2, -0.15) is 0 Å². The van der Waals surface area contributed by atoms with E-state index in [0.717, 1.165) is 31.2 Å². The standard InChI is InChI=1S/C20H27BO7/c1-3-4-5-6-9-17(23)12-16-11-15-8-7-10-18(19(15)28-21(16)25)20(24)27-13-26-14(2)22/h7-8,10,16,25H,3-6,9,11-13H2,1-2H3/t16-/m1/s1. The molecule has 0 unspecified atom stereocenters. The number of hydrogen-bond donors (Lipinski definition) is 1. The Hall–Kier alpha value is -2.35. The van der Waals surface area contributed by atoms with Gasteiger partial charge in [-0.25, -0.2) is 4.79 Å². The summed E-state index contributed by atoms with van der Waals surface area (Å²) in [5.74, 6) is -1.26. The van der Waals surface area contributed by atoms with Crippen molar-refractivity contribution in [2.24, 2.45) is 0 Å². The number of benzene rings is 1. The van der Waals surface area contributed by atoms with Crippen molar-refractivity contribution in [1.29, 1.82) is 0 Å². The first kappa shape index (κ1) is 21.9. The Bertz CT molecular complexity index is 704. The summed E-state index contributed by atoms with van der Waals surface area (Å²) >= 11 is 0. The summed E-state index contributed by atoms with van der Waals surface area (Å²) in [6.07, 6.45) is 5.32. The van der Waals surface area contributed by atoms with Crippen LogP contribution in [0.25, 0.3) is 0 Å². The number of para-hydroxylation sites is 1. The topological polar surface area (TPSA) is 99.1 Å². The fourth-order valence-corrected chi connectivity index (χ4v) is 3.21. The minimum atomic E-state index is -1.17. The molecule has 0 saturated carbocycles. The number of rotatable bonds is 10. The number of ketones is 1. The molecule has 0 saturated heterocycles. The lowest BCUT2D eigenvalue weighted by Crippen LogP contribution is -2.36. The van der Waals surface area contributed by atoms with Gasteiger partial charge in [-0.3, -0.25) is 9.59 Å². The van der Waals surface area contributed by atoms with E-state index < -0.39 is 25.8 Å². The minimum absolute atomic E-state index is 0.115. The van der Waals surface area contributed by atoms with Crippen molar-refractivity contribution in [3.8, 4) is 5.75 Å². The number of unbranched alkanes of at least 4 members (excludes halogenated alkanes) is 3. The Balaban J connectivity index is 1.97. The summed E-state index contributed by atoms with van der Waals surface area (Å²) in [6, 6.07) is 5.00. The normalized spacial score (nSPS) is 15.4. The van der Waals surface area contributed by atoms with Gasteiger partial charge < -0.3 is 19.2 Å². The van der Waals surface area contributed by atoms with Crippen molar-refractivity contribution < 1.29 is 33.5 Å². The second kappa shape index (κ2) is 10.9. The molecule has 1 atom stereocenters. The van der Waals surface area contributed by atoms with Crippen molar-refractivity contribution in [2.45, 2.75) is 64.6 Å². The molecule has 0 bridgehead atoms. The van der Waals surface area contributed by atoms with Crippen LogP contribution in [-0.4, -0.2) is 36.7 Å². The first-order chi connectivity index (χ1) is 13.4. The molecule has 0 aliphatic carbocycles. The number of Topliss-reactive ketones (excluding diaryl/α,β-unsaturated/α-hetero) is 1. The Labute approximate surface area is 165 Å². The molecule has 0 spiro atoms. The summed E-state index contributed by atoms with van der Waals surface area (Å²) in [4.78, 5) is 35.2. The minimum Gasteiger partial charge on any atom is -0.535 e. The maximum atomic E-state index is 12.2. The highest BCUT2D eigenvalue weighted by atomic mass is 16.7. The Kier molecular flexibility index (Phi) is 8.51. The number of carbonyl (C=O) groups excluding carboxylic acids is 3. The lowest BCUT2D eigenvalue weighted by atomic mass is 9.64. The fourth-order valence-electron chi connectivity index (χ4n) is 3.21. The quantitative estimate of drug-likeness (QED) is 0.284. The third-order valence-electron chi connectivity index (χ3n) is 4.69. The molecule has 1 aliphatic rings. The third-order valence-corrected chi connectivity index (χ3v) is 4.69. The average Bonchev–Trinajstić information content (AvgIpc) is 2.65.